The second-order valence-corrected chi connectivity index (χ2v) is 11.5. The molecule has 41 heavy (non-hydrogen) atoms. The van der Waals surface area contributed by atoms with Gasteiger partial charge in [0.1, 0.15) is 11.2 Å². The lowest BCUT2D eigenvalue weighted by molar-refractivity contribution is 0.660. The number of rotatable bonds is 4. The average Bonchev–Trinajstić information content (AvgIpc) is 3.49. The first-order chi connectivity index (χ1) is 20.1. The summed E-state index contributed by atoms with van der Waals surface area (Å²) >= 11 is 0. The quantitative estimate of drug-likeness (QED) is 0.246. The van der Waals surface area contributed by atoms with Gasteiger partial charge in [-0.2, -0.15) is 0 Å². The number of benzene rings is 6. The van der Waals surface area contributed by atoms with Gasteiger partial charge >= 0.3 is 0 Å². The van der Waals surface area contributed by atoms with Gasteiger partial charge in [0.05, 0.1) is 0 Å². The first kappa shape index (κ1) is 23.8. The van der Waals surface area contributed by atoms with Crippen LogP contribution in [0, 0.1) is 0 Å². The monoisotopic (exact) mass is 527 g/mol. The normalized spacial score (nSPS) is 13.3. The van der Waals surface area contributed by atoms with Crippen LogP contribution in [-0.2, 0) is 5.41 Å². The molecular formula is C39H29NO. The standard InChI is InChI=1S/C39H29NO/c1-39(2)35-14-8-6-12-30(35)31-20-18-28(24-36(31)39)40-27-17-19-29(33(23-27)25-10-4-3-5-11-25)26-16-21-38-34(22-26)32-13-7-9-15-37(32)41-38/h3-24,40H,1-2H3. The molecule has 6 aromatic carbocycles. The van der Waals surface area contributed by atoms with E-state index in [0.29, 0.717) is 0 Å². The van der Waals surface area contributed by atoms with Crippen molar-refractivity contribution in [3.63, 3.8) is 0 Å². The van der Waals surface area contributed by atoms with Gasteiger partial charge in [0.25, 0.3) is 0 Å². The minimum Gasteiger partial charge on any atom is -0.456 e. The topological polar surface area (TPSA) is 25.2 Å². The fourth-order valence-corrected chi connectivity index (χ4v) is 6.57. The minimum atomic E-state index is -0.0292. The first-order valence-electron chi connectivity index (χ1n) is 14.2. The SMILES string of the molecule is CC1(C)c2ccccc2-c2ccc(Nc3ccc(-c4ccc5oc6ccccc6c5c4)c(-c4ccccc4)c3)cc21. The molecule has 0 fully saturated rings. The second kappa shape index (κ2) is 8.97. The van der Waals surface area contributed by atoms with Gasteiger partial charge in [0.15, 0.2) is 0 Å². The van der Waals surface area contributed by atoms with Gasteiger partial charge in [-0.05, 0) is 87.0 Å². The Hall–Kier alpha value is -5.08. The van der Waals surface area contributed by atoms with Crippen molar-refractivity contribution >= 4 is 33.3 Å². The smallest absolute Gasteiger partial charge is 0.135 e. The van der Waals surface area contributed by atoms with Gasteiger partial charge in [-0.1, -0.05) is 105 Å². The van der Waals surface area contributed by atoms with Crippen LogP contribution in [0.4, 0.5) is 11.4 Å². The van der Waals surface area contributed by atoms with Crippen molar-refractivity contribution in [1.29, 1.82) is 0 Å². The van der Waals surface area contributed by atoms with Gasteiger partial charge in [0, 0.05) is 27.6 Å². The average molecular weight is 528 g/mol. The Labute approximate surface area is 239 Å². The Morgan fingerprint density at radius 3 is 2.02 bits per heavy atom. The summed E-state index contributed by atoms with van der Waals surface area (Å²) in [5.41, 5.74) is 14.2. The summed E-state index contributed by atoms with van der Waals surface area (Å²) in [6.07, 6.45) is 0. The van der Waals surface area contributed by atoms with Crippen molar-refractivity contribution < 1.29 is 4.42 Å². The van der Waals surface area contributed by atoms with Crippen molar-refractivity contribution in [3.05, 3.63) is 145 Å². The number of anilines is 2. The maximum Gasteiger partial charge on any atom is 0.135 e. The zero-order valence-electron chi connectivity index (χ0n) is 23.1. The zero-order chi connectivity index (χ0) is 27.6. The van der Waals surface area contributed by atoms with Gasteiger partial charge in [-0.25, -0.2) is 0 Å². The minimum absolute atomic E-state index is 0.0292. The largest absolute Gasteiger partial charge is 0.456 e. The molecule has 1 aliphatic rings. The lowest BCUT2D eigenvalue weighted by Crippen LogP contribution is -2.15. The third-order valence-electron chi connectivity index (χ3n) is 8.66. The number of hydrogen-bond donors (Lipinski definition) is 1. The highest BCUT2D eigenvalue weighted by Crippen LogP contribution is 2.49. The Bertz CT molecular complexity index is 2100. The number of furan rings is 1. The van der Waals surface area contributed by atoms with Crippen molar-refractivity contribution in [2.24, 2.45) is 0 Å². The van der Waals surface area contributed by atoms with E-state index in [0.717, 1.165) is 33.3 Å². The van der Waals surface area contributed by atoms with Crippen molar-refractivity contribution in [1.82, 2.24) is 0 Å². The van der Waals surface area contributed by atoms with Crippen LogP contribution in [0.5, 0.6) is 0 Å². The molecule has 0 aliphatic heterocycles. The molecule has 1 heterocycles. The lowest BCUT2D eigenvalue weighted by atomic mass is 9.82. The molecule has 0 saturated carbocycles. The molecule has 0 bridgehead atoms. The molecule has 0 radical (unpaired) electrons. The highest BCUT2D eigenvalue weighted by molar-refractivity contribution is 6.06. The molecule has 0 unspecified atom stereocenters. The van der Waals surface area contributed by atoms with Gasteiger partial charge in [-0.3, -0.25) is 0 Å². The maximum absolute atomic E-state index is 6.10. The molecule has 0 atom stereocenters. The van der Waals surface area contributed by atoms with Gasteiger partial charge < -0.3 is 9.73 Å². The molecule has 1 aliphatic carbocycles. The highest BCUT2D eigenvalue weighted by atomic mass is 16.3. The zero-order valence-corrected chi connectivity index (χ0v) is 23.1. The molecule has 1 N–H and O–H groups in total. The molecule has 1 aromatic heterocycles. The molecule has 0 spiro atoms. The Balaban J connectivity index is 1.21. The molecule has 2 nitrogen and oxygen atoms in total. The van der Waals surface area contributed by atoms with Crippen LogP contribution in [0.1, 0.15) is 25.0 Å². The first-order valence-corrected chi connectivity index (χ1v) is 14.2. The van der Waals surface area contributed by atoms with Crippen LogP contribution in [0.25, 0.3) is 55.3 Å². The molecule has 7 aromatic rings. The highest BCUT2D eigenvalue weighted by Gasteiger charge is 2.35. The molecule has 0 amide bonds. The number of fused-ring (bicyclic) bond motifs is 6. The summed E-state index contributed by atoms with van der Waals surface area (Å²) < 4.78 is 6.10. The third-order valence-corrected chi connectivity index (χ3v) is 8.66. The molecule has 196 valence electrons. The van der Waals surface area contributed by atoms with E-state index in [9.17, 15) is 0 Å². The van der Waals surface area contributed by atoms with Crippen LogP contribution in [-0.4, -0.2) is 0 Å². The van der Waals surface area contributed by atoms with E-state index in [-0.39, 0.29) is 5.41 Å². The molecule has 2 heteroatoms. The van der Waals surface area contributed by atoms with Crippen LogP contribution in [0.15, 0.2) is 138 Å². The van der Waals surface area contributed by atoms with E-state index >= 15 is 0 Å². The van der Waals surface area contributed by atoms with Crippen molar-refractivity contribution in [3.8, 4) is 33.4 Å². The summed E-state index contributed by atoms with van der Waals surface area (Å²) in [7, 11) is 0. The third kappa shape index (κ3) is 3.79. The summed E-state index contributed by atoms with van der Waals surface area (Å²) in [6, 6.07) is 47.7. The van der Waals surface area contributed by atoms with Crippen LogP contribution < -0.4 is 5.32 Å². The van der Waals surface area contributed by atoms with E-state index in [1.54, 1.807) is 0 Å². The Morgan fingerprint density at radius 1 is 0.463 bits per heavy atom. The van der Waals surface area contributed by atoms with Crippen molar-refractivity contribution in [2.75, 3.05) is 5.32 Å². The Kier molecular flexibility index (Phi) is 5.20. The number of hydrogen-bond acceptors (Lipinski definition) is 2. The molecular weight excluding hydrogens is 498 g/mol. The fraction of sp³-hybridized carbons (Fsp3) is 0.0769. The lowest BCUT2D eigenvalue weighted by Gasteiger charge is -2.22. The maximum atomic E-state index is 6.10. The fourth-order valence-electron chi connectivity index (χ4n) is 6.57. The van der Waals surface area contributed by atoms with Gasteiger partial charge in [0.2, 0.25) is 0 Å². The van der Waals surface area contributed by atoms with E-state index in [4.69, 9.17) is 4.42 Å². The summed E-state index contributed by atoms with van der Waals surface area (Å²) in [6.45, 7) is 4.65. The van der Waals surface area contributed by atoms with Crippen LogP contribution in [0.3, 0.4) is 0 Å². The summed E-state index contributed by atoms with van der Waals surface area (Å²) in [5, 5.41) is 6.01. The second-order valence-electron chi connectivity index (χ2n) is 11.5. The van der Waals surface area contributed by atoms with E-state index in [2.05, 4.69) is 140 Å². The summed E-state index contributed by atoms with van der Waals surface area (Å²) in [5.74, 6) is 0. The van der Waals surface area contributed by atoms with Gasteiger partial charge in [-0.15, -0.1) is 0 Å². The molecule has 0 saturated heterocycles. The summed E-state index contributed by atoms with van der Waals surface area (Å²) in [4.78, 5) is 0. The van der Waals surface area contributed by atoms with E-state index in [1.807, 2.05) is 12.1 Å². The van der Waals surface area contributed by atoms with Crippen molar-refractivity contribution in [2.45, 2.75) is 19.3 Å². The van der Waals surface area contributed by atoms with Crippen LogP contribution in [0.2, 0.25) is 0 Å². The predicted molar refractivity (Wildman–Crippen MR) is 172 cm³/mol. The number of nitrogens with one attached hydrogen (secondary N) is 1. The molecule has 8 rings (SSSR count). The van der Waals surface area contributed by atoms with E-state index < -0.39 is 0 Å². The number of para-hydroxylation sites is 1. The van der Waals surface area contributed by atoms with E-state index in [1.165, 1.54) is 44.5 Å². The predicted octanol–water partition coefficient (Wildman–Crippen LogP) is 11.0. The van der Waals surface area contributed by atoms with Crippen LogP contribution >= 0.6 is 0 Å². The Morgan fingerprint density at radius 2 is 1.15 bits per heavy atom.